The third kappa shape index (κ3) is 3.72. The Hall–Kier alpha value is -3.79. The van der Waals surface area contributed by atoms with Crippen LogP contribution >= 0.6 is 0 Å². The molecule has 0 aliphatic carbocycles. The minimum atomic E-state index is -2.62. The highest BCUT2D eigenvalue weighted by molar-refractivity contribution is 7.91. The average molecular weight is 463 g/mol. The predicted molar refractivity (Wildman–Crippen MR) is 126 cm³/mol. The molecule has 1 atom stereocenters. The first-order valence-corrected chi connectivity index (χ1v) is 12.2. The van der Waals surface area contributed by atoms with Gasteiger partial charge in [0.2, 0.25) is 0 Å². The zero-order valence-electron chi connectivity index (χ0n) is 18.4. The number of imidazole rings is 1. The lowest BCUT2D eigenvalue weighted by molar-refractivity contribution is 0.0595. The first-order chi connectivity index (χ1) is 15.8. The Kier molecular flexibility index (Phi) is 4.89. The Morgan fingerprint density at radius 1 is 1.18 bits per heavy atom. The van der Waals surface area contributed by atoms with Crippen LogP contribution in [0.2, 0.25) is 0 Å². The highest BCUT2D eigenvalue weighted by Crippen LogP contribution is 2.32. The van der Waals surface area contributed by atoms with Gasteiger partial charge < -0.3 is 14.6 Å². The quantitative estimate of drug-likeness (QED) is 0.441. The SMILES string of the molecule is COC(=O)c1nc(-c2cccc3c2ncn3C)c(C)nc1Nc1ccc2c(c1)CS(=N)(=O)C2. The standard InChI is InChI=1S/C23H22N6O3S/c1-13-19(17-5-4-6-18-20(17)25-12-29(18)2)28-21(23(30)32-3)22(26-13)27-16-8-7-14-10-33(24,31)11-15(14)9-16/h4-9,12,24H,10-11H2,1-3H3,(H,26,27). The number of hydrogen-bond acceptors (Lipinski definition) is 8. The predicted octanol–water partition coefficient (Wildman–Crippen LogP) is 3.93. The number of carbonyl (C=O) groups is 1. The normalized spacial score (nSPS) is 17.2. The van der Waals surface area contributed by atoms with Crippen LogP contribution in [0.15, 0.2) is 42.7 Å². The van der Waals surface area contributed by atoms with E-state index in [1.807, 2.05) is 54.9 Å². The summed E-state index contributed by atoms with van der Waals surface area (Å²) in [5, 5.41) is 3.16. The molecule has 3 heterocycles. The van der Waals surface area contributed by atoms with Crippen molar-refractivity contribution < 1.29 is 13.7 Å². The summed E-state index contributed by atoms with van der Waals surface area (Å²) in [6, 6.07) is 11.3. The highest BCUT2D eigenvalue weighted by atomic mass is 32.2. The Bertz CT molecular complexity index is 1540. The number of nitrogens with zero attached hydrogens (tertiary/aromatic N) is 4. The smallest absolute Gasteiger partial charge is 0.360 e. The second-order valence-corrected chi connectivity index (χ2v) is 10.3. The van der Waals surface area contributed by atoms with Crippen molar-refractivity contribution in [3.05, 3.63) is 65.2 Å². The number of anilines is 2. The molecule has 9 nitrogen and oxygen atoms in total. The molecule has 168 valence electrons. The topological polar surface area (TPSA) is 123 Å². The number of fused-ring (bicyclic) bond motifs is 2. The number of para-hydroxylation sites is 1. The third-order valence-electron chi connectivity index (χ3n) is 5.71. The molecule has 1 unspecified atom stereocenters. The second kappa shape index (κ2) is 7.66. The fourth-order valence-corrected chi connectivity index (χ4v) is 5.78. The number of esters is 1. The number of nitrogens with one attached hydrogen (secondary N) is 2. The Morgan fingerprint density at radius 3 is 2.76 bits per heavy atom. The van der Waals surface area contributed by atoms with E-state index in [1.165, 1.54) is 7.11 Å². The van der Waals surface area contributed by atoms with Gasteiger partial charge in [-0.25, -0.2) is 24.0 Å². The lowest BCUT2D eigenvalue weighted by atomic mass is 10.1. The van der Waals surface area contributed by atoms with Gasteiger partial charge in [0.1, 0.15) is 0 Å². The van der Waals surface area contributed by atoms with Gasteiger partial charge in [-0.3, -0.25) is 4.78 Å². The van der Waals surface area contributed by atoms with Gasteiger partial charge in [0, 0.05) is 18.3 Å². The Balaban J connectivity index is 1.60. The van der Waals surface area contributed by atoms with Gasteiger partial charge in [0.25, 0.3) is 0 Å². The first-order valence-electron chi connectivity index (χ1n) is 10.3. The maximum atomic E-state index is 12.6. The molecule has 0 bridgehead atoms. The number of methoxy groups -OCH3 is 1. The molecule has 0 fully saturated rings. The summed E-state index contributed by atoms with van der Waals surface area (Å²) >= 11 is 0. The van der Waals surface area contributed by atoms with Gasteiger partial charge in [-0.1, -0.05) is 18.2 Å². The van der Waals surface area contributed by atoms with Gasteiger partial charge in [-0.15, -0.1) is 0 Å². The zero-order chi connectivity index (χ0) is 23.3. The largest absolute Gasteiger partial charge is 0.464 e. The summed E-state index contributed by atoms with van der Waals surface area (Å²) in [6.07, 6.45) is 1.73. The van der Waals surface area contributed by atoms with Gasteiger partial charge in [0.15, 0.2) is 11.5 Å². The van der Waals surface area contributed by atoms with Crippen LogP contribution in [-0.2, 0) is 33.0 Å². The van der Waals surface area contributed by atoms with E-state index in [0.29, 0.717) is 17.1 Å². The van der Waals surface area contributed by atoms with E-state index < -0.39 is 15.7 Å². The minimum absolute atomic E-state index is 0.0517. The molecule has 2 N–H and O–H groups in total. The molecule has 1 aliphatic heterocycles. The second-order valence-electron chi connectivity index (χ2n) is 8.08. The fraction of sp³-hybridized carbons (Fsp3) is 0.217. The summed E-state index contributed by atoms with van der Waals surface area (Å²) in [7, 11) is 0.598. The molecule has 1 aliphatic rings. The zero-order valence-corrected chi connectivity index (χ0v) is 19.2. The van der Waals surface area contributed by atoms with Crippen LogP contribution < -0.4 is 5.32 Å². The van der Waals surface area contributed by atoms with Crippen LogP contribution in [0.5, 0.6) is 0 Å². The molecule has 0 saturated heterocycles. The molecule has 0 amide bonds. The van der Waals surface area contributed by atoms with Crippen molar-refractivity contribution in [2.75, 3.05) is 12.4 Å². The molecule has 0 spiro atoms. The van der Waals surface area contributed by atoms with Crippen LogP contribution in [0.3, 0.4) is 0 Å². The van der Waals surface area contributed by atoms with Crippen LogP contribution in [-0.4, -0.2) is 36.8 Å². The summed E-state index contributed by atoms with van der Waals surface area (Å²) in [6.45, 7) is 1.83. The Morgan fingerprint density at radius 2 is 1.97 bits per heavy atom. The van der Waals surface area contributed by atoms with E-state index >= 15 is 0 Å². The lowest BCUT2D eigenvalue weighted by Gasteiger charge is -2.14. The molecule has 2 aromatic heterocycles. The summed E-state index contributed by atoms with van der Waals surface area (Å²) in [5.41, 5.74) is 6.16. The van der Waals surface area contributed by atoms with Gasteiger partial charge in [0.05, 0.1) is 57.1 Å². The molecular weight excluding hydrogens is 440 g/mol. The highest BCUT2D eigenvalue weighted by Gasteiger charge is 2.24. The Labute approximate surface area is 190 Å². The maximum absolute atomic E-state index is 12.6. The summed E-state index contributed by atoms with van der Waals surface area (Å²) in [4.78, 5) is 26.4. The van der Waals surface area contributed by atoms with Crippen molar-refractivity contribution in [3.63, 3.8) is 0 Å². The fourth-order valence-electron chi connectivity index (χ4n) is 4.12. The molecule has 0 saturated carbocycles. The molecule has 33 heavy (non-hydrogen) atoms. The van der Waals surface area contributed by atoms with Crippen molar-refractivity contribution in [1.29, 1.82) is 4.78 Å². The van der Waals surface area contributed by atoms with Gasteiger partial charge in [-0.05, 0) is 36.2 Å². The van der Waals surface area contributed by atoms with Crippen LogP contribution in [0, 0.1) is 11.7 Å². The van der Waals surface area contributed by atoms with Crippen molar-refractivity contribution in [3.8, 4) is 11.3 Å². The lowest BCUT2D eigenvalue weighted by Crippen LogP contribution is -2.12. The van der Waals surface area contributed by atoms with E-state index in [1.54, 1.807) is 6.33 Å². The van der Waals surface area contributed by atoms with Crippen molar-refractivity contribution >= 4 is 38.2 Å². The van der Waals surface area contributed by atoms with E-state index in [2.05, 4.69) is 20.3 Å². The molecule has 2 aromatic carbocycles. The van der Waals surface area contributed by atoms with Gasteiger partial charge in [-0.2, -0.15) is 0 Å². The molecule has 5 rings (SSSR count). The number of aryl methyl sites for hydroxylation is 2. The van der Waals surface area contributed by atoms with Crippen molar-refractivity contribution in [1.82, 2.24) is 19.5 Å². The third-order valence-corrected chi connectivity index (χ3v) is 7.26. The van der Waals surface area contributed by atoms with Crippen molar-refractivity contribution in [2.45, 2.75) is 18.4 Å². The molecule has 4 aromatic rings. The van der Waals surface area contributed by atoms with E-state index in [-0.39, 0.29) is 23.0 Å². The monoisotopic (exact) mass is 462 g/mol. The molecule has 0 radical (unpaired) electrons. The van der Waals surface area contributed by atoms with E-state index in [4.69, 9.17) is 9.52 Å². The summed E-state index contributed by atoms with van der Waals surface area (Å²) in [5.74, 6) is 0.137. The molecular formula is C23H22N6O3S. The van der Waals surface area contributed by atoms with E-state index in [9.17, 15) is 9.00 Å². The number of carbonyl (C=O) groups excluding carboxylic acids is 1. The van der Waals surface area contributed by atoms with E-state index in [0.717, 1.165) is 27.7 Å². The summed E-state index contributed by atoms with van der Waals surface area (Å²) < 4.78 is 26.9. The number of aromatic nitrogens is 4. The van der Waals surface area contributed by atoms with Crippen molar-refractivity contribution in [2.24, 2.45) is 7.05 Å². The van der Waals surface area contributed by atoms with Crippen LogP contribution in [0.1, 0.15) is 27.3 Å². The number of hydrogen-bond donors (Lipinski definition) is 2. The average Bonchev–Trinajstić information content (AvgIpc) is 3.31. The maximum Gasteiger partial charge on any atom is 0.360 e. The number of ether oxygens (including phenoxy) is 1. The minimum Gasteiger partial charge on any atom is -0.464 e. The van der Waals surface area contributed by atoms with Gasteiger partial charge >= 0.3 is 5.97 Å². The number of benzene rings is 2. The van der Waals surface area contributed by atoms with Crippen LogP contribution in [0.25, 0.3) is 22.3 Å². The number of rotatable bonds is 4. The first kappa shape index (κ1) is 21.1. The molecule has 10 heteroatoms. The van der Waals surface area contributed by atoms with Crippen LogP contribution in [0.4, 0.5) is 11.5 Å².